The van der Waals surface area contributed by atoms with Gasteiger partial charge in [0.2, 0.25) is 5.88 Å². The Kier molecular flexibility index (Phi) is 3.75. The third-order valence-corrected chi connectivity index (χ3v) is 5.18. The lowest BCUT2D eigenvalue weighted by molar-refractivity contribution is 0.221. The van der Waals surface area contributed by atoms with Crippen LogP contribution < -0.4 is 21.1 Å². The Labute approximate surface area is 146 Å². The Balaban J connectivity index is 2.00. The fourth-order valence-electron chi connectivity index (χ4n) is 3.87. The van der Waals surface area contributed by atoms with Gasteiger partial charge in [0.05, 0.1) is 5.39 Å². The maximum Gasteiger partial charge on any atom is 0.219 e. The van der Waals surface area contributed by atoms with Crippen molar-refractivity contribution in [3.63, 3.8) is 0 Å². The van der Waals surface area contributed by atoms with Gasteiger partial charge in [0.15, 0.2) is 0 Å². The summed E-state index contributed by atoms with van der Waals surface area (Å²) in [7, 11) is 0. The molecule has 0 spiro atoms. The first-order chi connectivity index (χ1) is 12.1. The summed E-state index contributed by atoms with van der Waals surface area (Å²) in [5, 5.41) is 11.3. The fourth-order valence-corrected chi connectivity index (χ4v) is 3.87. The zero-order valence-electron chi connectivity index (χ0n) is 14.4. The van der Waals surface area contributed by atoms with E-state index in [1.165, 1.54) is 6.42 Å². The van der Waals surface area contributed by atoms with Crippen molar-refractivity contribution < 1.29 is 4.74 Å². The van der Waals surface area contributed by atoms with Crippen LogP contribution in [0.5, 0.6) is 5.88 Å². The quantitative estimate of drug-likeness (QED) is 0.864. The highest BCUT2D eigenvalue weighted by molar-refractivity contribution is 6.06. The van der Waals surface area contributed by atoms with Gasteiger partial charge >= 0.3 is 0 Å². The topological polar surface area (TPSA) is 114 Å². The van der Waals surface area contributed by atoms with Crippen LogP contribution in [-0.4, -0.2) is 29.2 Å². The maximum absolute atomic E-state index is 9.92. The summed E-state index contributed by atoms with van der Waals surface area (Å²) >= 11 is 0. The van der Waals surface area contributed by atoms with Gasteiger partial charge in [-0.3, -0.25) is 0 Å². The highest BCUT2D eigenvalue weighted by Gasteiger charge is 2.31. The summed E-state index contributed by atoms with van der Waals surface area (Å²) in [6, 6.07) is 2.35. The second-order valence-electron chi connectivity index (χ2n) is 6.74. The van der Waals surface area contributed by atoms with Crippen LogP contribution in [0.15, 0.2) is 0 Å². The lowest BCUT2D eigenvalue weighted by atomic mass is 9.98. The van der Waals surface area contributed by atoms with E-state index in [2.05, 4.69) is 27.9 Å². The highest BCUT2D eigenvalue weighted by Crippen LogP contribution is 2.42. The average Bonchev–Trinajstić information content (AvgIpc) is 3.05. The number of nitrogen functional groups attached to an aromatic ring is 2. The van der Waals surface area contributed by atoms with Crippen molar-refractivity contribution >= 4 is 28.2 Å². The molecule has 0 amide bonds. The molecule has 0 radical (unpaired) electrons. The molecule has 7 heteroatoms. The van der Waals surface area contributed by atoms with E-state index >= 15 is 0 Å². The zero-order valence-corrected chi connectivity index (χ0v) is 14.4. The van der Waals surface area contributed by atoms with E-state index in [0.29, 0.717) is 34.9 Å². The van der Waals surface area contributed by atoms with Crippen LogP contribution >= 0.6 is 0 Å². The zero-order chi connectivity index (χ0) is 17.6. The molecule has 4 rings (SSSR count). The standard InChI is InChI=1S/C18H22N6O/c1-2-10-8-11-13-12(9-19)17(24-6-4-3-5-7-24)22-15(20)14(13)16(21)23-18(11)25-10/h10H,2-8H2,1H3,(H2,20,22)(H2,21,23)/t10-/m1/s1. The monoisotopic (exact) mass is 338 g/mol. The fraction of sp³-hybridized carbons (Fsp3) is 0.500. The molecule has 0 aliphatic carbocycles. The molecule has 25 heavy (non-hydrogen) atoms. The number of rotatable bonds is 2. The van der Waals surface area contributed by atoms with E-state index in [9.17, 15) is 5.26 Å². The first-order valence-electron chi connectivity index (χ1n) is 8.87. The van der Waals surface area contributed by atoms with Crippen molar-refractivity contribution in [2.45, 2.75) is 45.1 Å². The van der Waals surface area contributed by atoms with Crippen molar-refractivity contribution in [3.05, 3.63) is 11.1 Å². The van der Waals surface area contributed by atoms with Gasteiger partial charge < -0.3 is 21.1 Å². The number of piperidine rings is 1. The number of hydrogen-bond acceptors (Lipinski definition) is 7. The van der Waals surface area contributed by atoms with Crippen LogP contribution in [0.25, 0.3) is 10.8 Å². The van der Waals surface area contributed by atoms with Crippen molar-refractivity contribution in [2.75, 3.05) is 29.5 Å². The molecule has 0 unspecified atom stereocenters. The van der Waals surface area contributed by atoms with Crippen LogP contribution in [-0.2, 0) is 6.42 Å². The van der Waals surface area contributed by atoms with Gasteiger partial charge in [-0.25, -0.2) is 4.98 Å². The van der Waals surface area contributed by atoms with Crippen LogP contribution in [0.3, 0.4) is 0 Å². The molecule has 130 valence electrons. The first-order valence-corrected chi connectivity index (χ1v) is 8.87. The Bertz CT molecular complexity index is 882. The second kappa shape index (κ2) is 5.96. The largest absolute Gasteiger partial charge is 0.474 e. The molecule has 0 aromatic carbocycles. The molecule has 0 saturated carbocycles. The summed E-state index contributed by atoms with van der Waals surface area (Å²) in [5.74, 6) is 1.81. The van der Waals surface area contributed by atoms with Crippen molar-refractivity contribution in [1.82, 2.24) is 9.97 Å². The number of nitrogens with zero attached hydrogens (tertiary/aromatic N) is 4. The predicted octanol–water partition coefficient (Wildman–Crippen LogP) is 2.37. The van der Waals surface area contributed by atoms with Crippen LogP contribution in [0.2, 0.25) is 0 Å². The van der Waals surface area contributed by atoms with Gasteiger partial charge in [-0.15, -0.1) is 0 Å². The Morgan fingerprint density at radius 1 is 1.16 bits per heavy atom. The highest BCUT2D eigenvalue weighted by atomic mass is 16.5. The molecule has 1 atom stereocenters. The lowest BCUT2D eigenvalue weighted by Gasteiger charge is -2.29. The maximum atomic E-state index is 9.92. The van der Waals surface area contributed by atoms with Crippen LogP contribution in [0.1, 0.15) is 43.7 Å². The second-order valence-corrected chi connectivity index (χ2v) is 6.74. The van der Waals surface area contributed by atoms with E-state index < -0.39 is 0 Å². The molecule has 4 heterocycles. The van der Waals surface area contributed by atoms with Crippen molar-refractivity contribution in [2.24, 2.45) is 0 Å². The number of fused-ring (bicyclic) bond motifs is 3. The number of nitrogens with two attached hydrogens (primary N) is 2. The summed E-state index contributed by atoms with van der Waals surface area (Å²) < 4.78 is 5.89. The van der Waals surface area contributed by atoms with Gasteiger partial charge in [-0.05, 0) is 25.7 Å². The molecule has 2 aliphatic rings. The van der Waals surface area contributed by atoms with Gasteiger partial charge in [0.25, 0.3) is 0 Å². The lowest BCUT2D eigenvalue weighted by Crippen LogP contribution is -2.31. The van der Waals surface area contributed by atoms with Gasteiger partial charge in [-0.2, -0.15) is 10.2 Å². The summed E-state index contributed by atoms with van der Waals surface area (Å²) in [6.45, 7) is 3.86. The summed E-state index contributed by atoms with van der Waals surface area (Å²) in [6.07, 6.45) is 5.06. The average molecular weight is 338 g/mol. The van der Waals surface area contributed by atoms with Crippen LogP contribution in [0.4, 0.5) is 17.5 Å². The molecule has 4 N–H and O–H groups in total. The summed E-state index contributed by atoms with van der Waals surface area (Å²) in [5.41, 5.74) is 13.8. The van der Waals surface area contributed by atoms with Gasteiger partial charge in [0, 0.05) is 30.5 Å². The Morgan fingerprint density at radius 2 is 1.88 bits per heavy atom. The number of hydrogen-bond donors (Lipinski definition) is 2. The molecular formula is C18H22N6O. The number of nitriles is 1. The smallest absolute Gasteiger partial charge is 0.219 e. The third kappa shape index (κ3) is 2.40. The molecule has 2 aromatic rings. The Morgan fingerprint density at radius 3 is 2.56 bits per heavy atom. The minimum atomic E-state index is 0.0619. The minimum Gasteiger partial charge on any atom is -0.474 e. The minimum absolute atomic E-state index is 0.0619. The molecule has 2 aliphatic heterocycles. The van der Waals surface area contributed by atoms with E-state index in [1.807, 2.05) is 0 Å². The molecule has 1 fully saturated rings. The molecule has 7 nitrogen and oxygen atoms in total. The Hall–Kier alpha value is -2.75. The van der Waals surface area contributed by atoms with Crippen molar-refractivity contribution in [3.8, 4) is 11.9 Å². The van der Waals surface area contributed by atoms with E-state index in [0.717, 1.165) is 43.3 Å². The SMILES string of the molecule is CC[C@@H]1Cc2c(nc(N)c3c(N)nc(N4CCCCC4)c(C#N)c23)O1. The number of anilines is 3. The van der Waals surface area contributed by atoms with Gasteiger partial charge in [0.1, 0.15) is 35.2 Å². The summed E-state index contributed by atoms with van der Waals surface area (Å²) in [4.78, 5) is 11.1. The molecular weight excluding hydrogens is 316 g/mol. The van der Waals surface area contributed by atoms with E-state index in [-0.39, 0.29) is 11.9 Å². The van der Waals surface area contributed by atoms with Crippen LogP contribution in [0, 0.1) is 11.3 Å². The van der Waals surface area contributed by atoms with Gasteiger partial charge in [-0.1, -0.05) is 6.92 Å². The van der Waals surface area contributed by atoms with E-state index in [4.69, 9.17) is 16.2 Å². The number of aromatic nitrogens is 2. The number of ether oxygens (including phenoxy) is 1. The molecule has 1 saturated heterocycles. The molecule has 0 bridgehead atoms. The third-order valence-electron chi connectivity index (χ3n) is 5.18. The predicted molar refractivity (Wildman–Crippen MR) is 97.6 cm³/mol. The first kappa shape index (κ1) is 15.8. The normalized spacial score (nSPS) is 19.5. The molecule has 2 aromatic heterocycles. The number of pyridine rings is 2. The van der Waals surface area contributed by atoms with E-state index in [1.54, 1.807) is 0 Å². The van der Waals surface area contributed by atoms with Crippen molar-refractivity contribution in [1.29, 1.82) is 5.26 Å².